The van der Waals surface area contributed by atoms with Crippen LogP contribution in [0.1, 0.15) is 37.5 Å². The fraction of sp³-hybridized carbons (Fsp3) is 0.435. The molecule has 2 aromatic rings. The van der Waals surface area contributed by atoms with Gasteiger partial charge in [0.25, 0.3) is 5.91 Å². The van der Waals surface area contributed by atoms with Gasteiger partial charge in [-0.15, -0.1) is 0 Å². The molecule has 2 aromatic carbocycles. The number of aryl methyl sites for hydroxylation is 1. The molecule has 0 fully saturated rings. The first kappa shape index (κ1) is 20.1. The molecule has 28 heavy (non-hydrogen) atoms. The van der Waals surface area contributed by atoms with E-state index in [1.807, 2.05) is 62.9 Å². The number of nitrogens with zero attached hydrogens (tertiary/aromatic N) is 1. The summed E-state index contributed by atoms with van der Waals surface area (Å²) in [5.74, 6) is 2.22. The van der Waals surface area contributed by atoms with Crippen molar-refractivity contribution in [1.29, 1.82) is 0 Å². The van der Waals surface area contributed by atoms with E-state index in [-0.39, 0.29) is 5.91 Å². The molecule has 0 saturated carbocycles. The van der Waals surface area contributed by atoms with Gasteiger partial charge in [-0.05, 0) is 69.5 Å². The Balaban J connectivity index is 1.71. The predicted molar refractivity (Wildman–Crippen MR) is 109 cm³/mol. The first-order valence-corrected chi connectivity index (χ1v) is 9.95. The molecule has 0 aliphatic carbocycles. The third-order valence-electron chi connectivity index (χ3n) is 4.87. The Morgan fingerprint density at radius 2 is 1.64 bits per heavy atom. The topological polar surface area (TPSA) is 48.0 Å². The molecule has 5 heteroatoms. The van der Waals surface area contributed by atoms with Crippen LogP contribution in [0.2, 0.25) is 0 Å². The zero-order valence-corrected chi connectivity index (χ0v) is 17.2. The average molecular weight is 383 g/mol. The number of amides is 1. The zero-order chi connectivity index (χ0) is 20.1. The van der Waals surface area contributed by atoms with Crippen LogP contribution in [0, 0.1) is 6.92 Å². The van der Waals surface area contributed by atoms with Crippen LogP contribution in [0.25, 0.3) is 0 Å². The van der Waals surface area contributed by atoms with Crippen molar-refractivity contribution < 1.29 is 19.0 Å². The highest BCUT2D eigenvalue weighted by Crippen LogP contribution is 2.34. The lowest BCUT2D eigenvalue weighted by molar-refractivity contribution is -0.138. The van der Waals surface area contributed by atoms with E-state index >= 15 is 0 Å². The molecule has 150 valence electrons. The molecule has 1 atom stereocenters. The fourth-order valence-corrected chi connectivity index (χ4v) is 3.42. The number of hydrogen-bond acceptors (Lipinski definition) is 4. The van der Waals surface area contributed by atoms with Gasteiger partial charge in [0.1, 0.15) is 5.75 Å². The first-order chi connectivity index (χ1) is 13.5. The van der Waals surface area contributed by atoms with Gasteiger partial charge in [0.2, 0.25) is 0 Å². The summed E-state index contributed by atoms with van der Waals surface area (Å²) in [6.07, 6.45) is 0.267. The Labute approximate surface area is 167 Å². The Morgan fingerprint density at radius 1 is 1.04 bits per heavy atom. The number of benzene rings is 2. The Hall–Kier alpha value is -2.69. The molecule has 1 unspecified atom stereocenters. The fourth-order valence-electron chi connectivity index (χ4n) is 3.42. The maximum Gasteiger partial charge on any atom is 0.263 e. The van der Waals surface area contributed by atoms with Crippen LogP contribution in [0.5, 0.6) is 17.2 Å². The highest BCUT2D eigenvalue weighted by molar-refractivity contribution is 5.81. The minimum absolute atomic E-state index is 0.00179. The van der Waals surface area contributed by atoms with Crippen molar-refractivity contribution in [2.24, 2.45) is 0 Å². The molecule has 1 amide bonds. The Morgan fingerprint density at radius 3 is 2.25 bits per heavy atom. The van der Waals surface area contributed by atoms with Crippen LogP contribution in [-0.2, 0) is 17.8 Å². The van der Waals surface area contributed by atoms with Crippen molar-refractivity contribution in [2.45, 2.75) is 46.8 Å². The van der Waals surface area contributed by atoms with Gasteiger partial charge in [0.15, 0.2) is 17.6 Å². The van der Waals surface area contributed by atoms with Gasteiger partial charge in [-0.2, -0.15) is 0 Å². The minimum atomic E-state index is -0.529. The summed E-state index contributed by atoms with van der Waals surface area (Å²) in [6.45, 7) is 10.1. The summed E-state index contributed by atoms with van der Waals surface area (Å²) < 4.78 is 17.3. The minimum Gasteiger partial charge on any atom is -0.490 e. The lowest BCUT2D eigenvalue weighted by Gasteiger charge is -2.31. The second-order valence-corrected chi connectivity index (χ2v) is 7.02. The largest absolute Gasteiger partial charge is 0.490 e. The van der Waals surface area contributed by atoms with E-state index in [0.717, 1.165) is 29.0 Å². The summed E-state index contributed by atoms with van der Waals surface area (Å²) in [4.78, 5) is 14.8. The molecule has 0 saturated heterocycles. The molecule has 1 aliphatic heterocycles. The molecule has 0 N–H and O–H groups in total. The summed E-state index contributed by atoms with van der Waals surface area (Å²) in [7, 11) is 0. The molecular weight excluding hydrogens is 354 g/mol. The highest BCUT2D eigenvalue weighted by atomic mass is 16.5. The molecule has 3 rings (SSSR count). The lowest BCUT2D eigenvalue weighted by Crippen LogP contribution is -2.43. The highest BCUT2D eigenvalue weighted by Gasteiger charge is 2.27. The van der Waals surface area contributed by atoms with Crippen molar-refractivity contribution in [1.82, 2.24) is 4.90 Å². The van der Waals surface area contributed by atoms with E-state index in [1.165, 1.54) is 5.56 Å². The number of fused-ring (bicyclic) bond motifs is 1. The smallest absolute Gasteiger partial charge is 0.263 e. The maximum atomic E-state index is 12.9. The van der Waals surface area contributed by atoms with Crippen LogP contribution in [0.3, 0.4) is 0 Å². The molecule has 1 heterocycles. The molecule has 0 bridgehead atoms. The van der Waals surface area contributed by atoms with Crippen LogP contribution in [0.4, 0.5) is 0 Å². The van der Waals surface area contributed by atoms with E-state index < -0.39 is 6.10 Å². The van der Waals surface area contributed by atoms with E-state index in [9.17, 15) is 4.79 Å². The standard InChI is InChI=1S/C23H29NO4/c1-5-26-21-13-18-11-12-24(15-19(18)14-22(21)27-6-2)23(25)17(4)28-20-9-7-16(3)8-10-20/h7-10,13-14,17H,5-6,11-12,15H2,1-4H3. The van der Waals surface area contributed by atoms with E-state index in [4.69, 9.17) is 14.2 Å². The monoisotopic (exact) mass is 383 g/mol. The summed E-state index contributed by atoms with van der Waals surface area (Å²) in [6, 6.07) is 11.8. The van der Waals surface area contributed by atoms with Crippen molar-refractivity contribution in [3.63, 3.8) is 0 Å². The molecule has 1 aliphatic rings. The maximum absolute atomic E-state index is 12.9. The second kappa shape index (κ2) is 9.00. The number of rotatable bonds is 7. The number of ether oxygens (including phenoxy) is 3. The molecular formula is C23H29NO4. The van der Waals surface area contributed by atoms with E-state index in [2.05, 4.69) is 6.07 Å². The SMILES string of the molecule is CCOc1cc2c(cc1OCC)CN(C(=O)C(C)Oc1ccc(C)cc1)CC2. The van der Waals surface area contributed by atoms with Gasteiger partial charge < -0.3 is 19.1 Å². The van der Waals surface area contributed by atoms with Gasteiger partial charge in [-0.1, -0.05) is 17.7 Å². The Kier molecular flexibility index (Phi) is 6.45. The van der Waals surface area contributed by atoms with Crippen LogP contribution < -0.4 is 14.2 Å². The van der Waals surface area contributed by atoms with Gasteiger partial charge in [-0.3, -0.25) is 4.79 Å². The lowest BCUT2D eigenvalue weighted by atomic mass is 9.98. The molecule has 0 radical (unpaired) electrons. The van der Waals surface area contributed by atoms with Crippen molar-refractivity contribution in [3.05, 3.63) is 53.1 Å². The number of carbonyl (C=O) groups is 1. The third-order valence-corrected chi connectivity index (χ3v) is 4.87. The average Bonchev–Trinajstić information content (AvgIpc) is 2.69. The molecule has 5 nitrogen and oxygen atoms in total. The summed E-state index contributed by atoms with van der Waals surface area (Å²) >= 11 is 0. The van der Waals surface area contributed by atoms with Gasteiger partial charge >= 0.3 is 0 Å². The summed E-state index contributed by atoms with van der Waals surface area (Å²) in [5, 5.41) is 0. The van der Waals surface area contributed by atoms with Crippen molar-refractivity contribution >= 4 is 5.91 Å². The predicted octanol–water partition coefficient (Wildman–Crippen LogP) is 4.14. The summed E-state index contributed by atoms with van der Waals surface area (Å²) in [5.41, 5.74) is 3.48. The quantitative estimate of drug-likeness (QED) is 0.721. The first-order valence-electron chi connectivity index (χ1n) is 9.95. The Bertz CT molecular complexity index is 816. The van der Waals surface area contributed by atoms with E-state index in [1.54, 1.807) is 0 Å². The van der Waals surface area contributed by atoms with Crippen molar-refractivity contribution in [3.8, 4) is 17.2 Å². The van der Waals surface area contributed by atoms with E-state index in [0.29, 0.717) is 32.1 Å². The number of hydrogen-bond donors (Lipinski definition) is 0. The molecule has 0 spiro atoms. The normalized spacial score (nSPS) is 14.2. The van der Waals surface area contributed by atoms with Crippen LogP contribution >= 0.6 is 0 Å². The third kappa shape index (κ3) is 4.58. The zero-order valence-electron chi connectivity index (χ0n) is 17.2. The number of carbonyl (C=O) groups excluding carboxylic acids is 1. The van der Waals surface area contributed by atoms with Gasteiger partial charge in [-0.25, -0.2) is 0 Å². The van der Waals surface area contributed by atoms with Gasteiger partial charge in [0, 0.05) is 13.1 Å². The van der Waals surface area contributed by atoms with Crippen LogP contribution in [0.15, 0.2) is 36.4 Å². The van der Waals surface area contributed by atoms with Crippen LogP contribution in [-0.4, -0.2) is 36.7 Å². The van der Waals surface area contributed by atoms with Gasteiger partial charge in [0.05, 0.1) is 13.2 Å². The second-order valence-electron chi connectivity index (χ2n) is 7.02. The van der Waals surface area contributed by atoms with Crippen molar-refractivity contribution in [2.75, 3.05) is 19.8 Å². The molecule has 0 aromatic heterocycles.